The summed E-state index contributed by atoms with van der Waals surface area (Å²) in [5, 5.41) is 1.86. The number of esters is 1. The predicted molar refractivity (Wildman–Crippen MR) is 79.3 cm³/mol. The van der Waals surface area contributed by atoms with E-state index in [1.165, 1.54) is 30.4 Å². The average Bonchev–Trinajstić information content (AvgIpc) is 2.84. The summed E-state index contributed by atoms with van der Waals surface area (Å²) < 4.78 is 8.90. The van der Waals surface area contributed by atoms with Gasteiger partial charge >= 0.3 is 5.97 Å². The maximum atomic E-state index is 11.5. The number of carbonyl (C=O) groups excluding carboxylic acids is 1. The third-order valence-corrected chi connectivity index (χ3v) is 4.31. The van der Waals surface area contributed by atoms with Gasteiger partial charge in [0.1, 0.15) is 4.88 Å². The van der Waals surface area contributed by atoms with Crippen LogP contribution in [0.4, 0.5) is 5.69 Å². The number of benzene rings is 1. The molecule has 0 atom stereocenters. The van der Waals surface area contributed by atoms with E-state index in [4.69, 9.17) is 4.74 Å². The van der Waals surface area contributed by atoms with Crippen LogP contribution in [0.3, 0.4) is 0 Å². The van der Waals surface area contributed by atoms with Gasteiger partial charge in [-0.25, -0.2) is 4.79 Å². The minimum absolute atomic E-state index is 0.317. The van der Waals surface area contributed by atoms with Crippen LogP contribution in [-0.4, -0.2) is 13.1 Å². The minimum Gasteiger partial charge on any atom is -0.465 e. The highest BCUT2D eigenvalue weighted by molar-refractivity contribution is 9.10. The molecule has 0 aliphatic rings. The molecule has 0 bridgehead atoms. The highest BCUT2D eigenvalue weighted by Gasteiger charge is 2.13. The van der Waals surface area contributed by atoms with Gasteiger partial charge in [-0.1, -0.05) is 22.0 Å². The van der Waals surface area contributed by atoms with Crippen molar-refractivity contribution in [2.75, 3.05) is 11.8 Å². The van der Waals surface area contributed by atoms with Gasteiger partial charge in [0.2, 0.25) is 0 Å². The van der Waals surface area contributed by atoms with Crippen molar-refractivity contribution in [2.45, 2.75) is 4.90 Å². The molecule has 0 fully saturated rings. The zero-order valence-electron chi connectivity index (χ0n) is 9.48. The van der Waals surface area contributed by atoms with E-state index in [1.54, 1.807) is 0 Å². The molecule has 6 heteroatoms. The molecular weight excluding hydrogens is 334 g/mol. The summed E-state index contributed by atoms with van der Waals surface area (Å²) in [6.45, 7) is 0. The molecule has 0 spiro atoms. The molecule has 0 saturated carbocycles. The lowest BCUT2D eigenvalue weighted by atomic mass is 10.4. The molecule has 94 valence electrons. The number of thiophene rings is 1. The number of carbonyl (C=O) groups is 1. The molecule has 0 aliphatic heterocycles. The molecule has 18 heavy (non-hydrogen) atoms. The Labute approximate surface area is 122 Å². The fraction of sp³-hybridized carbons (Fsp3) is 0.0833. The SMILES string of the molecule is COC(=O)c1sccc1NSc1cccc(Br)c1. The Kier molecular flexibility index (Phi) is 4.68. The highest BCUT2D eigenvalue weighted by atomic mass is 79.9. The first kappa shape index (κ1) is 13.5. The molecule has 0 radical (unpaired) electrons. The van der Waals surface area contributed by atoms with Crippen molar-refractivity contribution in [2.24, 2.45) is 0 Å². The Morgan fingerprint density at radius 3 is 3.00 bits per heavy atom. The molecule has 0 unspecified atom stereocenters. The lowest BCUT2D eigenvalue weighted by molar-refractivity contribution is 0.0607. The standard InChI is InChI=1S/C12H10BrNO2S2/c1-16-12(15)11-10(5-6-17-11)14-18-9-4-2-3-8(13)7-9/h2-7,14H,1H3. The van der Waals surface area contributed by atoms with Gasteiger partial charge in [0, 0.05) is 9.37 Å². The second-order valence-corrected chi connectivity index (χ2v) is 6.03. The number of nitrogens with one attached hydrogen (secondary N) is 1. The van der Waals surface area contributed by atoms with Crippen molar-refractivity contribution in [3.63, 3.8) is 0 Å². The number of methoxy groups -OCH3 is 1. The normalized spacial score (nSPS) is 10.1. The summed E-state index contributed by atoms with van der Waals surface area (Å²) in [6, 6.07) is 9.79. The second kappa shape index (κ2) is 6.26. The molecular formula is C12H10BrNO2S2. The molecule has 0 saturated heterocycles. The van der Waals surface area contributed by atoms with Gasteiger partial charge < -0.3 is 9.46 Å². The lowest BCUT2D eigenvalue weighted by Gasteiger charge is -2.05. The molecule has 2 aromatic rings. The number of anilines is 1. The van der Waals surface area contributed by atoms with E-state index in [0.29, 0.717) is 4.88 Å². The van der Waals surface area contributed by atoms with Gasteiger partial charge in [0.25, 0.3) is 0 Å². The van der Waals surface area contributed by atoms with Crippen LogP contribution in [0.25, 0.3) is 0 Å². The summed E-state index contributed by atoms with van der Waals surface area (Å²) in [4.78, 5) is 13.1. The second-order valence-electron chi connectivity index (χ2n) is 3.32. The van der Waals surface area contributed by atoms with Crippen molar-refractivity contribution in [3.8, 4) is 0 Å². The molecule has 0 aliphatic carbocycles. The molecule has 0 amide bonds. The summed E-state index contributed by atoms with van der Waals surface area (Å²) in [7, 11) is 1.38. The van der Waals surface area contributed by atoms with Crippen LogP contribution in [0, 0.1) is 0 Å². The van der Waals surface area contributed by atoms with Gasteiger partial charge in [-0.3, -0.25) is 0 Å². The Morgan fingerprint density at radius 2 is 2.28 bits per heavy atom. The fourth-order valence-electron chi connectivity index (χ4n) is 1.28. The summed E-state index contributed by atoms with van der Waals surface area (Å²) in [5.41, 5.74) is 0.775. The fourth-order valence-corrected chi connectivity index (χ4v) is 3.40. The van der Waals surface area contributed by atoms with E-state index >= 15 is 0 Å². The molecule has 1 heterocycles. The minimum atomic E-state index is -0.317. The average molecular weight is 344 g/mol. The Bertz CT molecular complexity index is 557. The van der Waals surface area contributed by atoms with Crippen LogP contribution >= 0.6 is 39.2 Å². The van der Waals surface area contributed by atoms with Crippen LogP contribution in [0.1, 0.15) is 9.67 Å². The zero-order chi connectivity index (χ0) is 13.0. The van der Waals surface area contributed by atoms with Crippen LogP contribution in [0.15, 0.2) is 45.1 Å². The monoisotopic (exact) mass is 343 g/mol. The first-order valence-electron chi connectivity index (χ1n) is 5.05. The topological polar surface area (TPSA) is 38.3 Å². The predicted octanol–water partition coefficient (Wildman–Crippen LogP) is 4.42. The van der Waals surface area contributed by atoms with Crippen molar-refractivity contribution < 1.29 is 9.53 Å². The summed E-state index contributed by atoms with van der Waals surface area (Å²) >= 11 is 6.23. The maximum Gasteiger partial charge on any atom is 0.350 e. The molecule has 3 nitrogen and oxygen atoms in total. The van der Waals surface area contributed by atoms with Gasteiger partial charge in [0.15, 0.2) is 0 Å². The van der Waals surface area contributed by atoms with E-state index < -0.39 is 0 Å². The largest absolute Gasteiger partial charge is 0.465 e. The van der Waals surface area contributed by atoms with Crippen molar-refractivity contribution in [1.29, 1.82) is 0 Å². The first-order valence-corrected chi connectivity index (χ1v) is 7.54. The van der Waals surface area contributed by atoms with Gasteiger partial charge in [-0.2, -0.15) is 0 Å². The van der Waals surface area contributed by atoms with E-state index in [0.717, 1.165) is 15.1 Å². The van der Waals surface area contributed by atoms with Crippen LogP contribution in [0.2, 0.25) is 0 Å². The van der Waals surface area contributed by atoms with E-state index in [2.05, 4.69) is 20.7 Å². The van der Waals surface area contributed by atoms with Crippen LogP contribution in [0.5, 0.6) is 0 Å². The quantitative estimate of drug-likeness (QED) is 0.658. The Hall–Kier alpha value is -0.980. The third kappa shape index (κ3) is 3.28. The summed E-state index contributed by atoms with van der Waals surface area (Å²) in [6.07, 6.45) is 0. The van der Waals surface area contributed by atoms with Gasteiger partial charge in [-0.15, -0.1) is 11.3 Å². The Balaban J connectivity index is 2.07. The van der Waals surface area contributed by atoms with Crippen LogP contribution in [-0.2, 0) is 4.74 Å². The first-order chi connectivity index (χ1) is 8.70. The van der Waals surface area contributed by atoms with E-state index in [9.17, 15) is 4.79 Å². The maximum absolute atomic E-state index is 11.5. The molecule has 2 rings (SSSR count). The Morgan fingerprint density at radius 1 is 1.44 bits per heavy atom. The highest BCUT2D eigenvalue weighted by Crippen LogP contribution is 2.29. The lowest BCUT2D eigenvalue weighted by Crippen LogP contribution is -2.01. The molecule has 1 aromatic carbocycles. The van der Waals surface area contributed by atoms with E-state index in [1.807, 2.05) is 35.7 Å². The smallest absolute Gasteiger partial charge is 0.350 e. The number of rotatable bonds is 4. The van der Waals surface area contributed by atoms with Crippen molar-refractivity contribution in [3.05, 3.63) is 45.1 Å². The van der Waals surface area contributed by atoms with Crippen molar-refractivity contribution in [1.82, 2.24) is 0 Å². The number of hydrogen-bond donors (Lipinski definition) is 1. The number of hydrogen-bond acceptors (Lipinski definition) is 5. The van der Waals surface area contributed by atoms with Crippen molar-refractivity contribution >= 4 is 50.9 Å². The number of halogens is 1. The summed E-state index contributed by atoms with van der Waals surface area (Å²) in [5.74, 6) is -0.317. The number of ether oxygens (including phenoxy) is 1. The third-order valence-electron chi connectivity index (χ3n) is 2.11. The van der Waals surface area contributed by atoms with Gasteiger partial charge in [0.05, 0.1) is 12.8 Å². The van der Waals surface area contributed by atoms with E-state index in [-0.39, 0.29) is 5.97 Å². The van der Waals surface area contributed by atoms with Gasteiger partial charge in [-0.05, 0) is 41.6 Å². The molecule has 1 aromatic heterocycles. The molecule has 1 N–H and O–H groups in total. The van der Waals surface area contributed by atoms with Crippen LogP contribution < -0.4 is 4.72 Å². The zero-order valence-corrected chi connectivity index (χ0v) is 12.7.